The minimum Gasteiger partial charge on any atom is -0.463 e. The molecule has 0 spiro atoms. The fourth-order valence-corrected chi connectivity index (χ4v) is 10.6. The monoisotopic (exact) mass is 1220 g/mol. The topological polar surface area (TPSA) is 231 Å². The quantitative estimate of drug-likeness (QED) is 0.0146. The molecule has 0 bridgehead atoms. The molecule has 0 amide bonds. The molecule has 486 valence electrons. The molecule has 0 aliphatic heterocycles. The summed E-state index contributed by atoms with van der Waals surface area (Å²) in [5, 5.41) is 20.5. The van der Waals surface area contributed by atoms with Gasteiger partial charge >= 0.3 is 33.6 Å². The lowest BCUT2D eigenvalue weighted by molar-refractivity contribution is -0.161. The van der Waals surface area contributed by atoms with Crippen LogP contribution in [0.5, 0.6) is 0 Å². The van der Waals surface area contributed by atoms with Crippen LogP contribution in [0.4, 0.5) is 0 Å². The highest BCUT2D eigenvalue weighted by molar-refractivity contribution is 7.47. The summed E-state index contributed by atoms with van der Waals surface area (Å²) in [5.74, 6) is -1.57. The first-order chi connectivity index (χ1) is 40.2. The number of carbonyl (C=O) groups is 3. The molecule has 0 fully saturated rings. The fourth-order valence-electron chi connectivity index (χ4n) is 9.03. The molecule has 0 saturated carbocycles. The standard InChI is InChI=1S/C65H120O16P2/c1-4-7-10-13-16-19-22-25-27-28-29-30-32-35-36-39-42-45-48-51-63(68)75-54-60(66)55-77-82(71,72)78-56-61(67)57-79-83(73,74)80-59-62(81-65(70)53-50-47-44-41-38-33-24-21-18-15-12-9-6-3)58-76-64(69)52-49-46-43-40-37-34-31-26-23-20-17-14-11-8-5-2/h7,10,16,19,25,27,29-30,60-62,66-67H,4-6,8-9,11-15,17-18,20-24,26,28,31-59H2,1-3H3,(H,71,72)(H,73,74)/b10-7-,19-16-,27-25-,30-29-. The second-order valence-corrected chi connectivity index (χ2v) is 25.2. The van der Waals surface area contributed by atoms with E-state index in [1.807, 2.05) is 0 Å². The summed E-state index contributed by atoms with van der Waals surface area (Å²) in [7, 11) is -9.75. The van der Waals surface area contributed by atoms with Crippen LogP contribution < -0.4 is 0 Å². The van der Waals surface area contributed by atoms with Crippen LogP contribution in [-0.4, -0.2) is 95.9 Å². The lowest BCUT2D eigenvalue weighted by Gasteiger charge is -2.21. The van der Waals surface area contributed by atoms with Crippen LogP contribution in [0.25, 0.3) is 0 Å². The zero-order chi connectivity index (χ0) is 61.0. The van der Waals surface area contributed by atoms with Gasteiger partial charge in [-0.2, -0.15) is 0 Å². The number of phosphoric ester groups is 2. The van der Waals surface area contributed by atoms with E-state index >= 15 is 0 Å². The fraction of sp³-hybridized carbons (Fsp3) is 0.831. The summed E-state index contributed by atoms with van der Waals surface area (Å²) in [4.78, 5) is 58.2. The van der Waals surface area contributed by atoms with Gasteiger partial charge in [-0.05, 0) is 57.8 Å². The molecule has 16 nitrogen and oxygen atoms in total. The summed E-state index contributed by atoms with van der Waals surface area (Å²) in [6.45, 7) is 2.58. The number of hydrogen-bond acceptors (Lipinski definition) is 14. The molecular weight excluding hydrogens is 1100 g/mol. The van der Waals surface area contributed by atoms with Gasteiger partial charge in [0.1, 0.15) is 25.4 Å². The van der Waals surface area contributed by atoms with Gasteiger partial charge in [-0.1, -0.05) is 262 Å². The van der Waals surface area contributed by atoms with Crippen molar-refractivity contribution in [1.82, 2.24) is 0 Å². The van der Waals surface area contributed by atoms with Gasteiger partial charge in [0.15, 0.2) is 6.10 Å². The van der Waals surface area contributed by atoms with E-state index in [0.717, 1.165) is 109 Å². The third kappa shape index (κ3) is 61.0. The minimum atomic E-state index is -4.91. The Labute approximate surface area is 504 Å². The number of ether oxygens (including phenoxy) is 3. The molecule has 0 radical (unpaired) electrons. The molecule has 83 heavy (non-hydrogen) atoms. The maximum atomic E-state index is 12.9. The van der Waals surface area contributed by atoms with E-state index in [1.54, 1.807) is 0 Å². The van der Waals surface area contributed by atoms with Gasteiger partial charge in [-0.15, -0.1) is 0 Å². The molecule has 0 saturated heterocycles. The molecule has 0 aromatic carbocycles. The molecule has 0 aliphatic rings. The van der Waals surface area contributed by atoms with Crippen molar-refractivity contribution in [3.63, 3.8) is 0 Å². The minimum absolute atomic E-state index is 0.113. The molecule has 0 aromatic rings. The van der Waals surface area contributed by atoms with Gasteiger partial charge in [0.2, 0.25) is 0 Å². The van der Waals surface area contributed by atoms with Crippen LogP contribution in [0.15, 0.2) is 48.6 Å². The Morgan fingerprint density at radius 3 is 1.01 bits per heavy atom. The van der Waals surface area contributed by atoms with Crippen LogP contribution in [0.1, 0.15) is 290 Å². The van der Waals surface area contributed by atoms with E-state index in [4.69, 9.17) is 32.3 Å². The molecule has 0 aromatic heterocycles. The van der Waals surface area contributed by atoms with E-state index in [0.29, 0.717) is 19.3 Å². The van der Waals surface area contributed by atoms with E-state index in [9.17, 15) is 43.5 Å². The van der Waals surface area contributed by atoms with E-state index in [-0.39, 0.29) is 19.3 Å². The average Bonchev–Trinajstić information content (AvgIpc) is 3.46. The highest BCUT2D eigenvalue weighted by Crippen LogP contribution is 2.45. The molecule has 0 rings (SSSR count). The molecule has 0 heterocycles. The number of aliphatic hydroxyl groups is 2. The number of esters is 3. The van der Waals surface area contributed by atoms with E-state index in [1.165, 1.54) is 122 Å². The summed E-state index contributed by atoms with van der Waals surface area (Å²) < 4.78 is 60.8. The molecule has 0 aliphatic carbocycles. The van der Waals surface area contributed by atoms with Gasteiger partial charge < -0.3 is 34.2 Å². The van der Waals surface area contributed by atoms with Crippen molar-refractivity contribution in [2.75, 3.05) is 39.6 Å². The zero-order valence-corrected chi connectivity index (χ0v) is 54.2. The third-order valence-corrected chi connectivity index (χ3v) is 16.0. The van der Waals surface area contributed by atoms with Crippen molar-refractivity contribution in [3.05, 3.63) is 48.6 Å². The van der Waals surface area contributed by atoms with Gasteiger partial charge in [0.05, 0.1) is 26.4 Å². The summed E-state index contributed by atoms with van der Waals surface area (Å²) in [5.41, 5.74) is 0. The predicted octanol–water partition coefficient (Wildman–Crippen LogP) is 17.6. The second kappa shape index (κ2) is 59.8. The number of rotatable bonds is 63. The molecule has 5 atom stereocenters. The highest BCUT2D eigenvalue weighted by Gasteiger charge is 2.29. The predicted molar refractivity (Wildman–Crippen MR) is 335 cm³/mol. The zero-order valence-electron chi connectivity index (χ0n) is 52.4. The van der Waals surface area contributed by atoms with Crippen LogP contribution in [0.3, 0.4) is 0 Å². The highest BCUT2D eigenvalue weighted by atomic mass is 31.2. The Hall–Kier alpha value is -2.49. The summed E-state index contributed by atoms with van der Waals surface area (Å²) in [6, 6.07) is 0. The molecule has 18 heteroatoms. The van der Waals surface area contributed by atoms with Crippen LogP contribution in [0, 0.1) is 0 Å². The first-order valence-corrected chi connectivity index (χ1v) is 35.9. The summed E-state index contributed by atoms with van der Waals surface area (Å²) in [6.07, 6.45) is 57.3. The summed E-state index contributed by atoms with van der Waals surface area (Å²) >= 11 is 0. The molecule has 4 N–H and O–H groups in total. The number of phosphoric acid groups is 2. The number of hydrogen-bond donors (Lipinski definition) is 4. The Morgan fingerprint density at radius 2 is 0.639 bits per heavy atom. The van der Waals surface area contributed by atoms with Crippen molar-refractivity contribution in [2.45, 2.75) is 309 Å². The van der Waals surface area contributed by atoms with Crippen molar-refractivity contribution in [3.8, 4) is 0 Å². The van der Waals surface area contributed by atoms with Gasteiger partial charge in [-0.25, -0.2) is 9.13 Å². The number of unbranched alkanes of at least 4 members (excludes halogenated alkanes) is 32. The third-order valence-electron chi connectivity index (χ3n) is 14.1. The van der Waals surface area contributed by atoms with Crippen molar-refractivity contribution in [1.29, 1.82) is 0 Å². The van der Waals surface area contributed by atoms with Crippen LogP contribution in [-0.2, 0) is 55.8 Å². The molecule has 5 unspecified atom stereocenters. The number of carbonyl (C=O) groups excluding carboxylic acids is 3. The Morgan fingerprint density at radius 1 is 0.349 bits per heavy atom. The Bertz CT molecular complexity index is 1720. The number of allylic oxidation sites excluding steroid dienone is 8. The van der Waals surface area contributed by atoms with E-state index < -0.39 is 91.5 Å². The maximum absolute atomic E-state index is 12.9. The van der Waals surface area contributed by atoms with Crippen molar-refractivity contribution >= 4 is 33.6 Å². The van der Waals surface area contributed by atoms with Gasteiger partial charge in [-0.3, -0.25) is 32.5 Å². The first kappa shape index (κ1) is 80.5. The Balaban J connectivity index is 4.61. The first-order valence-electron chi connectivity index (χ1n) is 32.9. The number of aliphatic hydroxyl groups excluding tert-OH is 2. The smallest absolute Gasteiger partial charge is 0.463 e. The Kier molecular flexibility index (Phi) is 58.0. The van der Waals surface area contributed by atoms with Gasteiger partial charge in [0.25, 0.3) is 0 Å². The average molecular weight is 1220 g/mol. The second-order valence-electron chi connectivity index (χ2n) is 22.3. The maximum Gasteiger partial charge on any atom is 0.472 e. The van der Waals surface area contributed by atoms with Crippen molar-refractivity contribution < 1.29 is 75.8 Å². The molecular formula is C65H120O16P2. The van der Waals surface area contributed by atoms with Crippen molar-refractivity contribution in [2.24, 2.45) is 0 Å². The van der Waals surface area contributed by atoms with Crippen LogP contribution >= 0.6 is 15.6 Å². The lowest BCUT2D eigenvalue weighted by atomic mass is 10.0. The van der Waals surface area contributed by atoms with Crippen LogP contribution in [0.2, 0.25) is 0 Å². The van der Waals surface area contributed by atoms with E-state index in [2.05, 4.69) is 69.4 Å². The lowest BCUT2D eigenvalue weighted by Crippen LogP contribution is -2.30. The van der Waals surface area contributed by atoms with Gasteiger partial charge in [0, 0.05) is 19.3 Å². The normalized spacial score (nSPS) is 14.6. The largest absolute Gasteiger partial charge is 0.472 e. The SMILES string of the molecule is CC/C=C\C/C=C\C/C=C\C/C=C\CCCCCCCCC(=O)OCC(O)COP(=O)(O)OCC(O)COP(=O)(O)OCC(COC(=O)CCCCCCCCCCCCCCCCC)OC(=O)CCCCCCCCCCCCCCC.